The van der Waals surface area contributed by atoms with Crippen LogP contribution in [0.3, 0.4) is 0 Å². The third kappa shape index (κ3) is 10.1. The smallest absolute Gasteiger partial charge is 0.165 e. The van der Waals surface area contributed by atoms with Gasteiger partial charge in [-0.3, -0.25) is 0 Å². The maximum absolute atomic E-state index is 2.34. The molecule has 0 unspecified atom stereocenters. The molecule has 0 N–H and O–H groups in total. The third-order valence-electron chi connectivity index (χ3n) is 9.93. The fourth-order valence-electron chi connectivity index (χ4n) is 6.96. The van der Waals surface area contributed by atoms with E-state index in [-0.39, 0.29) is 37.0 Å². The first-order valence-electron chi connectivity index (χ1n) is 18.0. The van der Waals surface area contributed by atoms with Crippen LogP contribution in [0.5, 0.6) is 0 Å². The summed E-state index contributed by atoms with van der Waals surface area (Å²) in [5, 5.41) is 5.38. The second kappa shape index (κ2) is 16.9. The summed E-state index contributed by atoms with van der Waals surface area (Å²) in [7, 11) is 1.21. The first kappa shape index (κ1) is 39.0. The maximum Gasteiger partial charge on any atom is 2.00 e. The summed E-state index contributed by atoms with van der Waals surface area (Å²) in [6.45, 7) is 20.2. The Morgan fingerprint density at radius 3 is 1.27 bits per heavy atom. The summed E-state index contributed by atoms with van der Waals surface area (Å²) in [6, 6.07) is 40.2. The minimum Gasteiger partial charge on any atom is -0.165 e. The molecule has 0 bridgehead atoms. The topological polar surface area (TPSA) is 0 Å². The predicted molar refractivity (Wildman–Crippen MR) is 215 cm³/mol. The summed E-state index contributed by atoms with van der Waals surface area (Å²) >= 11 is 0. The van der Waals surface area contributed by atoms with Gasteiger partial charge in [0.2, 0.25) is 0 Å². The van der Waals surface area contributed by atoms with Crippen molar-refractivity contribution in [3.05, 3.63) is 131 Å². The Labute approximate surface area is 319 Å². The van der Waals surface area contributed by atoms with Crippen LogP contribution in [0.15, 0.2) is 109 Å². The molecule has 7 rings (SSSR count). The van der Waals surface area contributed by atoms with E-state index >= 15 is 0 Å². The van der Waals surface area contributed by atoms with Crippen LogP contribution >= 0.6 is 0 Å². The van der Waals surface area contributed by atoms with Crippen molar-refractivity contribution < 1.29 is 26.2 Å². The summed E-state index contributed by atoms with van der Waals surface area (Å²) < 4.78 is 0. The number of benzene rings is 4. The molecule has 1 aliphatic carbocycles. The SMILES string of the molecule is C[Si]C1CCCCC1.Cc1cc2c(-c3ccc(C(C)(C)C)cc3)cccc2[cH-]1.Cc1cc2c(-c3ccc(C(C)(C)C)cc3)cccc2[cH-]1.[Zr+2]. The van der Waals surface area contributed by atoms with Crippen molar-refractivity contribution in [3.8, 4) is 22.3 Å². The van der Waals surface area contributed by atoms with E-state index in [9.17, 15) is 0 Å². The second-order valence-corrected chi connectivity index (χ2v) is 17.4. The summed E-state index contributed by atoms with van der Waals surface area (Å²) in [5.41, 5.74) is 12.2. The zero-order chi connectivity index (χ0) is 34.5. The Morgan fingerprint density at radius 1 is 0.551 bits per heavy atom. The first-order valence-corrected chi connectivity index (χ1v) is 19.6. The van der Waals surface area contributed by atoms with Crippen molar-refractivity contribution in [2.45, 2.75) is 110 Å². The van der Waals surface area contributed by atoms with E-state index in [0.29, 0.717) is 0 Å². The van der Waals surface area contributed by atoms with E-state index in [1.807, 2.05) is 0 Å². The molecule has 0 spiro atoms. The molecule has 0 saturated heterocycles. The van der Waals surface area contributed by atoms with Crippen molar-refractivity contribution >= 4 is 31.1 Å². The molecule has 1 fully saturated rings. The van der Waals surface area contributed by atoms with Gasteiger partial charge in [-0.2, -0.15) is 12.1 Å². The molecule has 0 atom stereocenters. The van der Waals surface area contributed by atoms with Gasteiger partial charge in [0.25, 0.3) is 0 Å². The second-order valence-electron chi connectivity index (χ2n) is 16.0. The average Bonchev–Trinajstić information content (AvgIpc) is 3.65. The molecular weight excluding hydrogens is 684 g/mol. The standard InChI is InChI=1S/2C20H21.C7H14Si.Zr/c2*1-14-12-16-6-5-7-18(19(16)13-14)15-8-10-17(11-9-15)20(2,3)4;1-8-7-5-3-2-4-6-7;/h2*5-13H,1-4H3;7H,2-6H2,1H3;/q2*-1;;+2. The van der Waals surface area contributed by atoms with Crippen LogP contribution in [0.2, 0.25) is 12.1 Å². The van der Waals surface area contributed by atoms with Gasteiger partial charge in [0.15, 0.2) is 0 Å². The van der Waals surface area contributed by atoms with Crippen molar-refractivity contribution in [1.82, 2.24) is 0 Å². The van der Waals surface area contributed by atoms with E-state index in [4.69, 9.17) is 0 Å². The molecule has 0 heterocycles. The predicted octanol–water partition coefficient (Wildman–Crippen LogP) is 14.2. The monoisotopic (exact) mass is 738 g/mol. The van der Waals surface area contributed by atoms with Gasteiger partial charge in [0, 0.05) is 9.52 Å². The molecule has 1 aliphatic rings. The van der Waals surface area contributed by atoms with Crippen LogP contribution in [0, 0.1) is 13.8 Å². The molecule has 1 saturated carbocycles. The Balaban J connectivity index is 0.000000178. The molecule has 49 heavy (non-hydrogen) atoms. The molecule has 2 radical (unpaired) electrons. The normalized spacial score (nSPS) is 13.7. The average molecular weight is 740 g/mol. The molecule has 6 aromatic rings. The Bertz CT molecular complexity index is 1760. The van der Waals surface area contributed by atoms with E-state index in [0.717, 1.165) is 5.54 Å². The number of fused-ring (bicyclic) bond motifs is 2. The van der Waals surface area contributed by atoms with Crippen molar-refractivity contribution in [2.75, 3.05) is 0 Å². The van der Waals surface area contributed by atoms with E-state index < -0.39 is 0 Å². The van der Waals surface area contributed by atoms with Crippen molar-refractivity contribution in [2.24, 2.45) is 0 Å². The van der Waals surface area contributed by atoms with Gasteiger partial charge in [0.05, 0.1) is 0 Å². The quantitative estimate of drug-likeness (QED) is 0.125. The Hall–Kier alpha value is -2.80. The van der Waals surface area contributed by atoms with E-state index in [1.54, 1.807) is 0 Å². The summed E-state index contributed by atoms with van der Waals surface area (Å²) in [6.07, 6.45) is 7.56. The molecule has 0 aliphatic heterocycles. The molecular formula is C47H56SiZr. The van der Waals surface area contributed by atoms with Gasteiger partial charge >= 0.3 is 26.2 Å². The van der Waals surface area contributed by atoms with Gasteiger partial charge in [-0.15, -0.1) is 69.1 Å². The zero-order valence-electron chi connectivity index (χ0n) is 31.5. The third-order valence-corrected chi connectivity index (χ3v) is 11.3. The van der Waals surface area contributed by atoms with Crippen LogP contribution in [-0.2, 0) is 37.0 Å². The number of hydrogen-bond donors (Lipinski definition) is 0. The molecule has 0 nitrogen and oxygen atoms in total. The minimum absolute atomic E-state index is 0. The van der Waals surface area contributed by atoms with Crippen LogP contribution < -0.4 is 0 Å². The number of rotatable bonds is 3. The van der Waals surface area contributed by atoms with Gasteiger partial charge in [-0.05, 0) is 38.6 Å². The van der Waals surface area contributed by atoms with Gasteiger partial charge in [0.1, 0.15) is 0 Å². The molecule has 252 valence electrons. The zero-order valence-corrected chi connectivity index (χ0v) is 35.0. The first-order chi connectivity index (χ1) is 22.8. The number of hydrogen-bond acceptors (Lipinski definition) is 0. The fourth-order valence-corrected chi connectivity index (χ4v) is 7.95. The molecule has 0 aromatic heterocycles. The fraction of sp³-hybridized carbons (Fsp3) is 0.362. The summed E-state index contributed by atoms with van der Waals surface area (Å²) in [4.78, 5) is 0. The van der Waals surface area contributed by atoms with Gasteiger partial charge < -0.3 is 0 Å². The van der Waals surface area contributed by atoms with Gasteiger partial charge in [-0.25, -0.2) is 0 Å². The van der Waals surface area contributed by atoms with Crippen LogP contribution in [0.25, 0.3) is 43.8 Å². The maximum atomic E-state index is 2.34. The Morgan fingerprint density at radius 2 is 0.939 bits per heavy atom. The van der Waals surface area contributed by atoms with Crippen LogP contribution in [0.4, 0.5) is 0 Å². The molecule has 6 aromatic carbocycles. The van der Waals surface area contributed by atoms with Gasteiger partial charge in [-0.1, -0.05) is 166 Å². The van der Waals surface area contributed by atoms with E-state index in [1.165, 1.54) is 108 Å². The largest absolute Gasteiger partial charge is 2.00 e. The van der Waals surface area contributed by atoms with E-state index in [2.05, 4.69) is 171 Å². The Kier molecular flexibility index (Phi) is 13.5. The van der Waals surface area contributed by atoms with Crippen LogP contribution in [0.1, 0.15) is 95.9 Å². The number of aryl methyl sites for hydroxylation is 2. The molecule has 0 amide bonds. The van der Waals surface area contributed by atoms with Crippen molar-refractivity contribution in [3.63, 3.8) is 0 Å². The van der Waals surface area contributed by atoms with Crippen LogP contribution in [-0.4, -0.2) is 9.52 Å². The summed E-state index contributed by atoms with van der Waals surface area (Å²) in [5.74, 6) is 0. The van der Waals surface area contributed by atoms with Crippen molar-refractivity contribution in [1.29, 1.82) is 0 Å². The molecule has 2 heteroatoms. The minimum atomic E-state index is 0.